The number of hydrogen-bond donors (Lipinski definition) is 0. The molecule has 0 N–H and O–H groups in total. The van der Waals surface area contributed by atoms with Crippen molar-refractivity contribution in [1.82, 2.24) is 4.98 Å². The van der Waals surface area contributed by atoms with Crippen LogP contribution < -0.4 is 0 Å². The molecule has 2 aromatic rings. The second-order valence-electron chi connectivity index (χ2n) is 3.86. The fourth-order valence-electron chi connectivity index (χ4n) is 1.76. The normalized spacial score (nSPS) is 10.2. The summed E-state index contributed by atoms with van der Waals surface area (Å²) in [7, 11) is 1.33. The summed E-state index contributed by atoms with van der Waals surface area (Å²) in [5.41, 5.74) is 2.79. The number of nitrogens with zero attached hydrogens (tertiary/aromatic N) is 1. The first-order chi connectivity index (χ1) is 8.63. The van der Waals surface area contributed by atoms with Gasteiger partial charge in [0.2, 0.25) is 0 Å². The van der Waals surface area contributed by atoms with E-state index in [9.17, 15) is 9.18 Å². The van der Waals surface area contributed by atoms with Crippen molar-refractivity contribution in [2.24, 2.45) is 0 Å². The minimum absolute atomic E-state index is 0.298. The van der Waals surface area contributed by atoms with Crippen LogP contribution in [0.4, 0.5) is 4.39 Å². The second kappa shape index (κ2) is 4.96. The molecule has 0 aliphatic rings. The highest BCUT2D eigenvalue weighted by Gasteiger charge is 2.13. The Labute approximate surface area is 104 Å². The number of halogens is 1. The van der Waals surface area contributed by atoms with Crippen molar-refractivity contribution in [2.75, 3.05) is 7.11 Å². The van der Waals surface area contributed by atoms with Gasteiger partial charge in [-0.2, -0.15) is 0 Å². The SMILES string of the molecule is COC(=O)c1cncc(-c2ccc(F)cc2)c1C. The molecule has 0 fully saturated rings. The molecule has 0 radical (unpaired) electrons. The predicted octanol–water partition coefficient (Wildman–Crippen LogP) is 2.98. The molecular weight excluding hydrogens is 233 g/mol. The van der Waals surface area contributed by atoms with Crippen LogP contribution >= 0.6 is 0 Å². The van der Waals surface area contributed by atoms with Gasteiger partial charge in [0.1, 0.15) is 5.82 Å². The highest BCUT2D eigenvalue weighted by Crippen LogP contribution is 2.25. The topological polar surface area (TPSA) is 39.2 Å². The Morgan fingerprint density at radius 2 is 1.89 bits per heavy atom. The molecule has 0 unspecified atom stereocenters. The van der Waals surface area contributed by atoms with Crippen molar-refractivity contribution in [1.29, 1.82) is 0 Å². The molecule has 1 aromatic heterocycles. The van der Waals surface area contributed by atoms with Crippen LogP contribution in [0.3, 0.4) is 0 Å². The number of pyridine rings is 1. The lowest BCUT2D eigenvalue weighted by atomic mass is 9.99. The molecule has 0 spiro atoms. The average molecular weight is 245 g/mol. The summed E-state index contributed by atoms with van der Waals surface area (Å²) in [6.45, 7) is 1.81. The summed E-state index contributed by atoms with van der Waals surface area (Å²) >= 11 is 0. The summed E-state index contributed by atoms with van der Waals surface area (Å²) in [6, 6.07) is 6.06. The Bertz CT molecular complexity index is 579. The molecule has 0 aliphatic heterocycles. The van der Waals surface area contributed by atoms with Crippen molar-refractivity contribution >= 4 is 5.97 Å². The molecule has 1 aromatic carbocycles. The molecule has 2 rings (SSSR count). The number of esters is 1. The number of carbonyl (C=O) groups is 1. The molecule has 0 bridgehead atoms. The molecule has 0 amide bonds. The zero-order valence-electron chi connectivity index (χ0n) is 10.1. The number of carbonyl (C=O) groups excluding carboxylic acids is 1. The lowest BCUT2D eigenvalue weighted by Crippen LogP contribution is -2.05. The van der Waals surface area contributed by atoms with Gasteiger partial charge in [-0.15, -0.1) is 0 Å². The van der Waals surface area contributed by atoms with Crippen LogP contribution in [0.15, 0.2) is 36.7 Å². The first-order valence-electron chi connectivity index (χ1n) is 5.42. The number of hydrogen-bond acceptors (Lipinski definition) is 3. The van der Waals surface area contributed by atoms with E-state index in [1.54, 1.807) is 18.3 Å². The summed E-state index contributed by atoms with van der Waals surface area (Å²) < 4.78 is 17.6. The molecule has 3 nitrogen and oxygen atoms in total. The lowest BCUT2D eigenvalue weighted by Gasteiger charge is -2.09. The molecule has 0 atom stereocenters. The second-order valence-corrected chi connectivity index (χ2v) is 3.86. The molecular formula is C14H12FNO2. The Morgan fingerprint density at radius 3 is 2.50 bits per heavy atom. The largest absolute Gasteiger partial charge is 0.465 e. The van der Waals surface area contributed by atoms with Gasteiger partial charge in [-0.3, -0.25) is 4.98 Å². The van der Waals surface area contributed by atoms with Gasteiger partial charge in [0.05, 0.1) is 12.7 Å². The van der Waals surface area contributed by atoms with Gasteiger partial charge in [-0.05, 0) is 30.2 Å². The first kappa shape index (κ1) is 12.2. The third-order valence-electron chi connectivity index (χ3n) is 2.78. The van der Waals surface area contributed by atoms with Crippen LogP contribution in [0.2, 0.25) is 0 Å². The van der Waals surface area contributed by atoms with Crippen LogP contribution in [0.25, 0.3) is 11.1 Å². The Kier molecular flexibility index (Phi) is 3.37. The molecule has 0 saturated heterocycles. The van der Waals surface area contributed by atoms with E-state index >= 15 is 0 Å². The van der Waals surface area contributed by atoms with Crippen LogP contribution in [0.1, 0.15) is 15.9 Å². The number of methoxy groups -OCH3 is 1. The van der Waals surface area contributed by atoms with Gasteiger partial charge in [0.15, 0.2) is 0 Å². The smallest absolute Gasteiger partial charge is 0.339 e. The third-order valence-corrected chi connectivity index (χ3v) is 2.78. The summed E-state index contributed by atoms with van der Waals surface area (Å²) in [6.07, 6.45) is 3.11. The number of rotatable bonds is 2. The molecule has 0 saturated carbocycles. The maximum atomic E-state index is 12.9. The van der Waals surface area contributed by atoms with Gasteiger partial charge < -0.3 is 4.74 Å². The fourth-order valence-corrected chi connectivity index (χ4v) is 1.76. The summed E-state index contributed by atoms with van der Waals surface area (Å²) in [5, 5.41) is 0. The summed E-state index contributed by atoms with van der Waals surface area (Å²) in [4.78, 5) is 15.6. The zero-order chi connectivity index (χ0) is 13.1. The monoisotopic (exact) mass is 245 g/mol. The van der Waals surface area contributed by atoms with Crippen LogP contribution in [-0.4, -0.2) is 18.1 Å². The third kappa shape index (κ3) is 2.22. The molecule has 0 aliphatic carbocycles. The van der Waals surface area contributed by atoms with Crippen molar-refractivity contribution < 1.29 is 13.9 Å². The number of aromatic nitrogens is 1. The van der Waals surface area contributed by atoms with Gasteiger partial charge in [-0.1, -0.05) is 12.1 Å². The van der Waals surface area contributed by atoms with E-state index in [2.05, 4.69) is 9.72 Å². The highest BCUT2D eigenvalue weighted by molar-refractivity contribution is 5.92. The highest BCUT2D eigenvalue weighted by atomic mass is 19.1. The molecule has 4 heteroatoms. The van der Waals surface area contributed by atoms with Crippen LogP contribution in [0.5, 0.6) is 0 Å². The van der Waals surface area contributed by atoms with E-state index in [1.807, 2.05) is 6.92 Å². The van der Waals surface area contributed by atoms with E-state index < -0.39 is 5.97 Å². The lowest BCUT2D eigenvalue weighted by molar-refractivity contribution is 0.0599. The standard InChI is InChI=1S/C14H12FNO2/c1-9-12(10-3-5-11(15)6-4-10)7-16-8-13(9)14(17)18-2/h3-8H,1-2H3. The van der Waals surface area contributed by atoms with Gasteiger partial charge >= 0.3 is 5.97 Å². The minimum Gasteiger partial charge on any atom is -0.465 e. The Morgan fingerprint density at radius 1 is 1.22 bits per heavy atom. The van der Waals surface area contributed by atoms with Crippen molar-refractivity contribution in [3.05, 3.63) is 53.6 Å². The van der Waals surface area contributed by atoms with E-state index in [0.29, 0.717) is 5.56 Å². The van der Waals surface area contributed by atoms with Gasteiger partial charge in [0, 0.05) is 18.0 Å². The van der Waals surface area contributed by atoms with Crippen LogP contribution in [0, 0.1) is 12.7 Å². The number of ether oxygens (including phenoxy) is 1. The maximum absolute atomic E-state index is 12.9. The Hall–Kier alpha value is -2.23. The van der Waals surface area contributed by atoms with Crippen molar-refractivity contribution in [3.8, 4) is 11.1 Å². The number of benzene rings is 1. The van der Waals surface area contributed by atoms with Gasteiger partial charge in [0.25, 0.3) is 0 Å². The maximum Gasteiger partial charge on any atom is 0.339 e. The van der Waals surface area contributed by atoms with Crippen molar-refractivity contribution in [3.63, 3.8) is 0 Å². The molecule has 1 heterocycles. The fraction of sp³-hybridized carbons (Fsp3) is 0.143. The molecule has 92 valence electrons. The van der Waals surface area contributed by atoms with Gasteiger partial charge in [-0.25, -0.2) is 9.18 Å². The van der Waals surface area contributed by atoms with E-state index in [4.69, 9.17) is 0 Å². The average Bonchev–Trinajstić information content (AvgIpc) is 2.39. The zero-order valence-corrected chi connectivity index (χ0v) is 10.1. The molecule has 18 heavy (non-hydrogen) atoms. The Balaban J connectivity index is 2.52. The van der Waals surface area contributed by atoms with Crippen molar-refractivity contribution in [2.45, 2.75) is 6.92 Å². The summed E-state index contributed by atoms with van der Waals surface area (Å²) in [5.74, 6) is -0.725. The van der Waals surface area contributed by atoms with E-state index in [0.717, 1.165) is 16.7 Å². The minimum atomic E-state index is -0.427. The quantitative estimate of drug-likeness (QED) is 0.763. The predicted molar refractivity (Wildman–Crippen MR) is 65.7 cm³/mol. The van der Waals surface area contributed by atoms with E-state index in [-0.39, 0.29) is 5.82 Å². The van der Waals surface area contributed by atoms with E-state index in [1.165, 1.54) is 25.4 Å². The van der Waals surface area contributed by atoms with Crippen LogP contribution in [-0.2, 0) is 4.74 Å². The first-order valence-corrected chi connectivity index (χ1v) is 5.42.